The molecule has 0 saturated carbocycles. The predicted molar refractivity (Wildman–Crippen MR) is 86.0 cm³/mol. The third-order valence-corrected chi connectivity index (χ3v) is 3.21. The van der Waals surface area contributed by atoms with E-state index in [9.17, 15) is 4.79 Å². The highest BCUT2D eigenvalue weighted by Crippen LogP contribution is 2.24. The highest BCUT2D eigenvalue weighted by atomic mass is 16.5. The van der Waals surface area contributed by atoms with Gasteiger partial charge in [0.05, 0.1) is 12.2 Å². The Bertz CT molecular complexity index is 666. The van der Waals surface area contributed by atoms with Crippen molar-refractivity contribution < 1.29 is 9.53 Å². The largest absolute Gasteiger partial charge is 0.462 e. The molecule has 110 valence electrons. The number of aryl methyl sites for hydroxylation is 2. The van der Waals surface area contributed by atoms with E-state index < -0.39 is 5.97 Å². The molecule has 0 aliphatic rings. The zero-order valence-corrected chi connectivity index (χ0v) is 12.6. The van der Waals surface area contributed by atoms with Crippen molar-refractivity contribution in [3.63, 3.8) is 0 Å². The van der Waals surface area contributed by atoms with Crippen molar-refractivity contribution in [1.29, 1.82) is 0 Å². The van der Waals surface area contributed by atoms with Gasteiger partial charge in [0.15, 0.2) is 0 Å². The Morgan fingerprint density at radius 1 is 1.19 bits per heavy atom. The molecular formula is C17H20N2O2. The van der Waals surface area contributed by atoms with E-state index >= 15 is 0 Å². The molecule has 0 atom stereocenters. The van der Waals surface area contributed by atoms with Gasteiger partial charge >= 0.3 is 5.97 Å². The molecule has 0 amide bonds. The Morgan fingerprint density at radius 3 is 2.62 bits per heavy atom. The molecule has 0 aliphatic heterocycles. The highest BCUT2D eigenvalue weighted by molar-refractivity contribution is 5.96. The average molecular weight is 284 g/mol. The van der Waals surface area contributed by atoms with Gasteiger partial charge in [-0.15, -0.1) is 0 Å². The Labute approximate surface area is 124 Å². The van der Waals surface area contributed by atoms with E-state index in [1.807, 2.05) is 25.1 Å². The molecule has 3 N–H and O–H groups in total. The van der Waals surface area contributed by atoms with E-state index in [1.165, 1.54) is 5.56 Å². The van der Waals surface area contributed by atoms with Crippen LogP contribution >= 0.6 is 0 Å². The number of nitrogens with two attached hydrogens (primary N) is 1. The SMILES string of the molecule is CCOC(=O)c1cc(Nc2ccc(C)cc2C)ccc1N. The predicted octanol–water partition coefficient (Wildman–Crippen LogP) is 3.81. The first kappa shape index (κ1) is 14.9. The summed E-state index contributed by atoms with van der Waals surface area (Å²) in [6.07, 6.45) is 0. The summed E-state index contributed by atoms with van der Waals surface area (Å²) in [5.41, 5.74) is 10.8. The fourth-order valence-corrected chi connectivity index (χ4v) is 2.13. The average Bonchev–Trinajstić information content (AvgIpc) is 2.44. The van der Waals surface area contributed by atoms with Crippen molar-refractivity contribution in [3.05, 3.63) is 53.1 Å². The normalized spacial score (nSPS) is 10.2. The third kappa shape index (κ3) is 3.54. The van der Waals surface area contributed by atoms with E-state index in [0.717, 1.165) is 16.9 Å². The van der Waals surface area contributed by atoms with Crippen LogP contribution in [0.5, 0.6) is 0 Å². The molecule has 0 heterocycles. The summed E-state index contributed by atoms with van der Waals surface area (Å²) in [5.74, 6) is -0.403. The number of ether oxygens (including phenoxy) is 1. The molecule has 4 nitrogen and oxygen atoms in total. The fraction of sp³-hybridized carbons (Fsp3) is 0.235. The van der Waals surface area contributed by atoms with E-state index in [0.29, 0.717) is 17.9 Å². The summed E-state index contributed by atoms with van der Waals surface area (Å²) < 4.78 is 5.01. The van der Waals surface area contributed by atoms with E-state index in [4.69, 9.17) is 10.5 Å². The molecule has 2 aromatic rings. The number of nitrogen functional groups attached to an aromatic ring is 1. The molecule has 2 rings (SSSR count). The Kier molecular flexibility index (Phi) is 4.48. The molecule has 0 saturated heterocycles. The van der Waals surface area contributed by atoms with Crippen LogP contribution < -0.4 is 11.1 Å². The lowest BCUT2D eigenvalue weighted by atomic mass is 10.1. The molecular weight excluding hydrogens is 264 g/mol. The van der Waals surface area contributed by atoms with Crippen LogP contribution in [0.25, 0.3) is 0 Å². The monoisotopic (exact) mass is 284 g/mol. The van der Waals surface area contributed by atoms with Crippen molar-refractivity contribution in [3.8, 4) is 0 Å². The first-order chi connectivity index (χ1) is 10.0. The Hall–Kier alpha value is -2.49. The number of rotatable bonds is 4. The van der Waals surface area contributed by atoms with Gasteiger partial charge < -0.3 is 15.8 Å². The van der Waals surface area contributed by atoms with Gasteiger partial charge in [0.2, 0.25) is 0 Å². The second-order valence-corrected chi connectivity index (χ2v) is 4.97. The number of carbonyl (C=O) groups is 1. The number of esters is 1. The van der Waals surface area contributed by atoms with Crippen molar-refractivity contribution >= 4 is 23.0 Å². The van der Waals surface area contributed by atoms with Crippen LogP contribution in [-0.4, -0.2) is 12.6 Å². The van der Waals surface area contributed by atoms with Crippen LogP contribution in [-0.2, 0) is 4.74 Å². The summed E-state index contributed by atoms with van der Waals surface area (Å²) in [7, 11) is 0. The summed E-state index contributed by atoms with van der Waals surface area (Å²) in [5, 5.41) is 3.30. The topological polar surface area (TPSA) is 64.3 Å². The lowest BCUT2D eigenvalue weighted by Gasteiger charge is -2.12. The number of nitrogens with one attached hydrogen (secondary N) is 1. The second kappa shape index (κ2) is 6.31. The van der Waals surface area contributed by atoms with Crippen LogP contribution in [0.3, 0.4) is 0 Å². The second-order valence-electron chi connectivity index (χ2n) is 4.97. The summed E-state index contributed by atoms with van der Waals surface area (Å²) >= 11 is 0. The van der Waals surface area contributed by atoms with Gasteiger partial charge in [-0.2, -0.15) is 0 Å². The number of carbonyl (C=O) groups excluding carboxylic acids is 1. The Morgan fingerprint density at radius 2 is 1.95 bits per heavy atom. The highest BCUT2D eigenvalue weighted by Gasteiger charge is 2.12. The van der Waals surface area contributed by atoms with Gasteiger partial charge in [-0.25, -0.2) is 4.79 Å². The van der Waals surface area contributed by atoms with E-state index in [-0.39, 0.29) is 0 Å². The number of hydrogen-bond acceptors (Lipinski definition) is 4. The van der Waals surface area contributed by atoms with Gasteiger partial charge in [0, 0.05) is 17.1 Å². The zero-order chi connectivity index (χ0) is 15.4. The van der Waals surface area contributed by atoms with Gasteiger partial charge in [0.25, 0.3) is 0 Å². The molecule has 0 aromatic heterocycles. The lowest BCUT2D eigenvalue weighted by Crippen LogP contribution is -2.08. The van der Waals surface area contributed by atoms with Crippen molar-refractivity contribution in [2.45, 2.75) is 20.8 Å². The minimum Gasteiger partial charge on any atom is -0.462 e. The maximum atomic E-state index is 11.9. The van der Waals surface area contributed by atoms with Crippen LogP contribution in [0.1, 0.15) is 28.4 Å². The maximum Gasteiger partial charge on any atom is 0.340 e. The first-order valence-electron chi connectivity index (χ1n) is 6.92. The van der Waals surface area contributed by atoms with Crippen LogP contribution in [0.4, 0.5) is 17.1 Å². The first-order valence-corrected chi connectivity index (χ1v) is 6.92. The zero-order valence-electron chi connectivity index (χ0n) is 12.6. The molecule has 0 spiro atoms. The van der Waals surface area contributed by atoms with Crippen LogP contribution in [0, 0.1) is 13.8 Å². The van der Waals surface area contributed by atoms with Crippen LogP contribution in [0.15, 0.2) is 36.4 Å². The molecule has 0 aliphatic carbocycles. The summed E-state index contributed by atoms with van der Waals surface area (Å²) in [6, 6.07) is 11.4. The van der Waals surface area contributed by atoms with E-state index in [1.54, 1.807) is 19.1 Å². The van der Waals surface area contributed by atoms with Gasteiger partial charge in [-0.05, 0) is 50.6 Å². The molecule has 0 bridgehead atoms. The van der Waals surface area contributed by atoms with Crippen LogP contribution in [0.2, 0.25) is 0 Å². The van der Waals surface area contributed by atoms with E-state index in [2.05, 4.69) is 18.3 Å². The quantitative estimate of drug-likeness (QED) is 0.662. The Balaban J connectivity index is 2.28. The molecule has 0 fully saturated rings. The number of hydrogen-bond donors (Lipinski definition) is 2. The fourth-order valence-electron chi connectivity index (χ4n) is 2.13. The van der Waals surface area contributed by atoms with Gasteiger partial charge in [-0.1, -0.05) is 17.7 Å². The van der Waals surface area contributed by atoms with Gasteiger partial charge in [-0.3, -0.25) is 0 Å². The van der Waals surface area contributed by atoms with Crippen molar-refractivity contribution in [2.75, 3.05) is 17.7 Å². The number of benzene rings is 2. The minimum absolute atomic E-state index is 0.326. The lowest BCUT2D eigenvalue weighted by molar-refractivity contribution is 0.0527. The van der Waals surface area contributed by atoms with Crippen molar-refractivity contribution in [2.24, 2.45) is 0 Å². The summed E-state index contributed by atoms with van der Waals surface area (Å²) in [4.78, 5) is 11.9. The molecule has 0 radical (unpaired) electrons. The molecule has 0 unspecified atom stereocenters. The molecule has 4 heteroatoms. The summed E-state index contributed by atoms with van der Waals surface area (Å²) in [6.45, 7) is 6.19. The van der Waals surface area contributed by atoms with Crippen molar-refractivity contribution in [1.82, 2.24) is 0 Å². The maximum absolute atomic E-state index is 11.9. The number of anilines is 3. The van der Waals surface area contributed by atoms with Gasteiger partial charge in [0.1, 0.15) is 0 Å². The molecule has 2 aromatic carbocycles. The minimum atomic E-state index is -0.403. The third-order valence-electron chi connectivity index (χ3n) is 3.21. The standard InChI is InChI=1S/C17H20N2O2/c1-4-21-17(20)14-10-13(6-7-15(14)18)19-16-8-5-11(2)9-12(16)3/h5-10,19H,4,18H2,1-3H3. The molecule has 21 heavy (non-hydrogen) atoms. The smallest absolute Gasteiger partial charge is 0.340 e.